The van der Waals surface area contributed by atoms with E-state index in [9.17, 15) is 8.78 Å². The van der Waals surface area contributed by atoms with E-state index in [1.54, 1.807) is 19.1 Å². The third-order valence-electron chi connectivity index (χ3n) is 2.34. The average Bonchev–Trinajstić information content (AvgIpc) is 2.73. The summed E-state index contributed by atoms with van der Waals surface area (Å²) in [5, 5.41) is 12.2. The van der Waals surface area contributed by atoms with Crippen LogP contribution in [0.2, 0.25) is 0 Å². The largest absolute Gasteiger partial charge is 0.464 e. The van der Waals surface area contributed by atoms with E-state index < -0.39 is 5.76 Å². The number of aliphatic hydroxyl groups is 1. The van der Waals surface area contributed by atoms with E-state index in [-0.39, 0.29) is 11.9 Å². The summed E-state index contributed by atoms with van der Waals surface area (Å²) >= 11 is 0.558. The molecule has 0 aromatic carbocycles. The Hall–Kier alpha value is -0.590. The van der Waals surface area contributed by atoms with Gasteiger partial charge in [-0.05, 0) is 38.4 Å². The van der Waals surface area contributed by atoms with Crippen molar-refractivity contribution < 1.29 is 18.3 Å². The van der Waals surface area contributed by atoms with Crippen LogP contribution >= 0.6 is 11.8 Å². The Morgan fingerprint density at radius 1 is 1.39 bits per heavy atom. The molecule has 1 aromatic rings. The van der Waals surface area contributed by atoms with Gasteiger partial charge in [-0.25, -0.2) is 0 Å². The van der Waals surface area contributed by atoms with Crippen LogP contribution in [0.4, 0.5) is 8.78 Å². The van der Waals surface area contributed by atoms with Gasteiger partial charge in [0.2, 0.25) is 0 Å². The SMILES string of the molecule is CC(O)CCCNCc1ccc(CSC(F)F)o1. The Morgan fingerprint density at radius 3 is 2.78 bits per heavy atom. The number of furan rings is 1. The molecule has 0 saturated heterocycles. The van der Waals surface area contributed by atoms with Crippen molar-refractivity contribution in [3.05, 3.63) is 23.7 Å². The smallest absolute Gasteiger partial charge is 0.284 e. The second-order valence-corrected chi connectivity index (χ2v) is 5.09. The van der Waals surface area contributed by atoms with Crippen LogP contribution in [-0.4, -0.2) is 23.5 Å². The molecule has 0 fully saturated rings. The third-order valence-corrected chi connectivity index (χ3v) is 3.05. The van der Waals surface area contributed by atoms with E-state index in [0.717, 1.165) is 25.1 Å². The first-order chi connectivity index (χ1) is 8.58. The van der Waals surface area contributed by atoms with E-state index in [4.69, 9.17) is 9.52 Å². The predicted molar refractivity (Wildman–Crippen MR) is 68.6 cm³/mol. The monoisotopic (exact) mass is 279 g/mol. The Morgan fingerprint density at radius 2 is 2.11 bits per heavy atom. The van der Waals surface area contributed by atoms with Gasteiger partial charge in [-0.3, -0.25) is 0 Å². The molecule has 18 heavy (non-hydrogen) atoms. The maximum Gasteiger partial charge on any atom is 0.284 e. The fraction of sp³-hybridized carbons (Fsp3) is 0.667. The van der Waals surface area contributed by atoms with Gasteiger partial charge >= 0.3 is 0 Å². The van der Waals surface area contributed by atoms with Crippen molar-refractivity contribution in [2.24, 2.45) is 0 Å². The molecule has 0 aliphatic carbocycles. The Balaban J connectivity index is 2.15. The Bertz CT molecular complexity index is 332. The second kappa shape index (κ2) is 8.50. The molecule has 1 atom stereocenters. The fourth-order valence-electron chi connectivity index (χ4n) is 1.47. The summed E-state index contributed by atoms with van der Waals surface area (Å²) in [6.07, 6.45) is 1.39. The number of thioether (sulfide) groups is 1. The summed E-state index contributed by atoms with van der Waals surface area (Å²) in [7, 11) is 0. The molecule has 0 bridgehead atoms. The van der Waals surface area contributed by atoms with Crippen LogP contribution in [0.3, 0.4) is 0 Å². The molecule has 2 N–H and O–H groups in total. The summed E-state index contributed by atoms with van der Waals surface area (Å²) < 4.78 is 29.3. The molecule has 1 rings (SSSR count). The number of halogens is 2. The number of alkyl halides is 2. The van der Waals surface area contributed by atoms with Gasteiger partial charge in [-0.1, -0.05) is 11.8 Å². The molecule has 1 heterocycles. The van der Waals surface area contributed by atoms with E-state index in [2.05, 4.69) is 5.32 Å². The van der Waals surface area contributed by atoms with Crippen LogP contribution in [0.25, 0.3) is 0 Å². The number of rotatable bonds is 9. The summed E-state index contributed by atoms with van der Waals surface area (Å²) in [6, 6.07) is 3.52. The van der Waals surface area contributed by atoms with E-state index in [1.807, 2.05) is 0 Å². The van der Waals surface area contributed by atoms with E-state index in [1.165, 1.54) is 0 Å². The van der Waals surface area contributed by atoms with Crippen LogP contribution in [0.5, 0.6) is 0 Å². The third kappa shape index (κ3) is 6.98. The first-order valence-corrected chi connectivity index (χ1v) is 6.99. The normalized spacial score (nSPS) is 13.2. The fourth-order valence-corrected chi connectivity index (χ4v) is 1.92. The molecular weight excluding hydrogens is 260 g/mol. The molecule has 0 saturated carbocycles. The molecule has 0 aliphatic heterocycles. The maximum atomic E-state index is 12.0. The maximum absolute atomic E-state index is 12.0. The van der Waals surface area contributed by atoms with Gasteiger partial charge in [0, 0.05) is 0 Å². The Labute approximate surface area is 110 Å². The topological polar surface area (TPSA) is 45.4 Å². The highest BCUT2D eigenvalue weighted by Crippen LogP contribution is 2.21. The molecule has 104 valence electrons. The number of nitrogens with one attached hydrogen (secondary N) is 1. The molecule has 0 aliphatic rings. The molecule has 0 amide bonds. The van der Waals surface area contributed by atoms with Crippen molar-refractivity contribution in [3.8, 4) is 0 Å². The molecule has 3 nitrogen and oxygen atoms in total. The molecule has 1 unspecified atom stereocenters. The van der Waals surface area contributed by atoms with Crippen molar-refractivity contribution in [3.63, 3.8) is 0 Å². The second-order valence-electron chi connectivity index (χ2n) is 4.11. The van der Waals surface area contributed by atoms with Crippen molar-refractivity contribution >= 4 is 11.8 Å². The molecule has 0 spiro atoms. The lowest BCUT2D eigenvalue weighted by Crippen LogP contribution is -2.15. The van der Waals surface area contributed by atoms with Crippen molar-refractivity contribution in [1.82, 2.24) is 5.32 Å². The van der Waals surface area contributed by atoms with Gasteiger partial charge in [0.15, 0.2) is 0 Å². The van der Waals surface area contributed by atoms with E-state index in [0.29, 0.717) is 24.1 Å². The zero-order valence-corrected chi connectivity index (χ0v) is 11.2. The van der Waals surface area contributed by atoms with Crippen LogP contribution < -0.4 is 5.32 Å². The number of aliphatic hydroxyl groups excluding tert-OH is 1. The van der Waals surface area contributed by atoms with Gasteiger partial charge in [-0.2, -0.15) is 8.78 Å². The van der Waals surface area contributed by atoms with Crippen LogP contribution in [0, 0.1) is 0 Å². The summed E-state index contributed by atoms with van der Waals surface area (Å²) in [4.78, 5) is 0. The summed E-state index contributed by atoms with van der Waals surface area (Å²) in [5.74, 6) is -0.852. The number of hydrogen-bond acceptors (Lipinski definition) is 4. The molecule has 0 radical (unpaired) electrons. The lowest BCUT2D eigenvalue weighted by molar-refractivity contribution is 0.181. The molecular formula is C12H19F2NO2S. The van der Waals surface area contributed by atoms with Crippen LogP contribution in [0.15, 0.2) is 16.5 Å². The lowest BCUT2D eigenvalue weighted by Gasteiger charge is -2.04. The minimum Gasteiger partial charge on any atom is -0.464 e. The van der Waals surface area contributed by atoms with Gasteiger partial charge < -0.3 is 14.8 Å². The summed E-state index contributed by atoms with van der Waals surface area (Å²) in [5.41, 5.74) is 0. The van der Waals surface area contributed by atoms with Crippen LogP contribution in [-0.2, 0) is 12.3 Å². The molecule has 1 aromatic heterocycles. The zero-order chi connectivity index (χ0) is 13.4. The standard InChI is InChI=1S/C12H19F2NO2S/c1-9(16)3-2-6-15-7-10-4-5-11(17-10)8-18-12(13)14/h4-5,9,12,15-16H,2-3,6-8H2,1H3. The van der Waals surface area contributed by atoms with Crippen LogP contribution in [0.1, 0.15) is 31.3 Å². The lowest BCUT2D eigenvalue weighted by atomic mass is 10.2. The molecule has 6 heteroatoms. The Kier molecular flexibility index (Phi) is 7.31. The highest BCUT2D eigenvalue weighted by molar-refractivity contribution is 7.98. The van der Waals surface area contributed by atoms with Gasteiger partial charge in [0.1, 0.15) is 11.5 Å². The zero-order valence-electron chi connectivity index (χ0n) is 10.4. The quantitative estimate of drug-likeness (QED) is 0.682. The van der Waals surface area contributed by atoms with Gasteiger partial charge in [-0.15, -0.1) is 0 Å². The first kappa shape index (κ1) is 15.5. The minimum atomic E-state index is -2.36. The highest BCUT2D eigenvalue weighted by Gasteiger charge is 2.07. The summed E-state index contributed by atoms with van der Waals surface area (Å²) in [6.45, 7) is 3.14. The van der Waals surface area contributed by atoms with Crippen molar-refractivity contribution in [1.29, 1.82) is 0 Å². The first-order valence-electron chi connectivity index (χ1n) is 5.94. The predicted octanol–water partition coefficient (Wildman–Crippen LogP) is 2.99. The van der Waals surface area contributed by atoms with E-state index >= 15 is 0 Å². The number of hydrogen-bond donors (Lipinski definition) is 2. The van der Waals surface area contributed by atoms with Crippen molar-refractivity contribution in [2.75, 3.05) is 6.54 Å². The van der Waals surface area contributed by atoms with Gasteiger partial charge in [0.25, 0.3) is 5.76 Å². The van der Waals surface area contributed by atoms with Crippen molar-refractivity contribution in [2.45, 2.75) is 43.9 Å². The minimum absolute atomic E-state index is 0.194. The van der Waals surface area contributed by atoms with Gasteiger partial charge in [0.05, 0.1) is 18.4 Å². The highest BCUT2D eigenvalue weighted by atomic mass is 32.2. The average molecular weight is 279 g/mol.